The minimum Gasteiger partial charge on any atom is -0.343 e. The van der Waals surface area contributed by atoms with Gasteiger partial charge in [-0.3, -0.25) is 0 Å². The van der Waals surface area contributed by atoms with E-state index in [1.54, 1.807) is 6.07 Å². The van der Waals surface area contributed by atoms with E-state index >= 15 is 0 Å². The van der Waals surface area contributed by atoms with Crippen LogP contribution in [-0.2, 0) is 13.1 Å². The molecule has 2 aromatic carbocycles. The van der Waals surface area contributed by atoms with Crippen LogP contribution in [0.5, 0.6) is 0 Å². The van der Waals surface area contributed by atoms with E-state index in [2.05, 4.69) is 0 Å². The minimum atomic E-state index is -0.234. The van der Waals surface area contributed by atoms with Crippen LogP contribution in [0.25, 0.3) is 10.9 Å². The summed E-state index contributed by atoms with van der Waals surface area (Å²) in [4.78, 5) is 0. The van der Waals surface area contributed by atoms with Crippen molar-refractivity contribution in [1.82, 2.24) is 4.57 Å². The third-order valence-corrected chi connectivity index (χ3v) is 3.78. The standard InChI is InChI=1S/C16H14ClFN2/c17-15-7-11(9-19)1-2-13(15)10-20-6-5-12-3-4-14(18)8-16(12)20/h1-8H,9-10,19H2. The summed E-state index contributed by atoms with van der Waals surface area (Å²) in [6.45, 7) is 1.08. The van der Waals surface area contributed by atoms with Crippen molar-refractivity contribution >= 4 is 22.5 Å². The normalized spacial score (nSPS) is 11.2. The van der Waals surface area contributed by atoms with Crippen LogP contribution in [0.15, 0.2) is 48.7 Å². The number of aromatic nitrogens is 1. The topological polar surface area (TPSA) is 30.9 Å². The average Bonchev–Trinajstić information content (AvgIpc) is 2.83. The highest BCUT2D eigenvalue weighted by molar-refractivity contribution is 6.31. The molecule has 3 aromatic rings. The molecule has 102 valence electrons. The zero-order valence-corrected chi connectivity index (χ0v) is 11.6. The third kappa shape index (κ3) is 2.42. The SMILES string of the molecule is NCc1ccc(Cn2ccc3ccc(F)cc32)c(Cl)c1. The van der Waals surface area contributed by atoms with Gasteiger partial charge in [-0.25, -0.2) is 4.39 Å². The molecule has 0 saturated carbocycles. The van der Waals surface area contributed by atoms with Gasteiger partial charge in [-0.05, 0) is 46.8 Å². The molecule has 1 heterocycles. The van der Waals surface area contributed by atoms with Crippen molar-refractivity contribution in [2.45, 2.75) is 13.1 Å². The second-order valence-corrected chi connectivity index (χ2v) is 5.18. The number of nitrogens with two attached hydrogens (primary N) is 1. The summed E-state index contributed by atoms with van der Waals surface area (Å²) < 4.78 is 15.3. The Labute approximate surface area is 121 Å². The van der Waals surface area contributed by atoms with Gasteiger partial charge < -0.3 is 10.3 Å². The average molecular weight is 289 g/mol. The van der Waals surface area contributed by atoms with Crippen LogP contribution in [0, 0.1) is 5.82 Å². The Morgan fingerprint density at radius 2 is 1.95 bits per heavy atom. The van der Waals surface area contributed by atoms with Gasteiger partial charge in [0.05, 0.1) is 5.52 Å². The van der Waals surface area contributed by atoms with Gasteiger partial charge in [-0.15, -0.1) is 0 Å². The number of benzene rings is 2. The first-order chi connectivity index (χ1) is 9.67. The molecule has 20 heavy (non-hydrogen) atoms. The Morgan fingerprint density at radius 1 is 1.10 bits per heavy atom. The molecule has 4 heteroatoms. The molecule has 0 bridgehead atoms. The smallest absolute Gasteiger partial charge is 0.125 e. The highest BCUT2D eigenvalue weighted by atomic mass is 35.5. The lowest BCUT2D eigenvalue weighted by Crippen LogP contribution is -2.01. The van der Waals surface area contributed by atoms with Gasteiger partial charge >= 0.3 is 0 Å². The Kier molecular flexibility index (Phi) is 3.47. The molecule has 0 fully saturated rings. The van der Waals surface area contributed by atoms with E-state index in [9.17, 15) is 4.39 Å². The molecular weight excluding hydrogens is 275 g/mol. The molecule has 0 aliphatic heterocycles. The van der Waals surface area contributed by atoms with Gasteiger partial charge in [0, 0.05) is 24.3 Å². The van der Waals surface area contributed by atoms with E-state index in [-0.39, 0.29) is 5.82 Å². The molecule has 0 spiro atoms. The number of hydrogen-bond donors (Lipinski definition) is 1. The predicted molar refractivity (Wildman–Crippen MR) is 80.3 cm³/mol. The van der Waals surface area contributed by atoms with Crippen molar-refractivity contribution in [2.75, 3.05) is 0 Å². The number of halogens is 2. The Balaban J connectivity index is 1.99. The molecule has 0 atom stereocenters. The van der Waals surface area contributed by atoms with Crippen molar-refractivity contribution in [2.24, 2.45) is 5.73 Å². The molecule has 2 N–H and O–H groups in total. The molecule has 0 radical (unpaired) electrons. The number of nitrogens with zero attached hydrogens (tertiary/aromatic N) is 1. The number of hydrogen-bond acceptors (Lipinski definition) is 1. The van der Waals surface area contributed by atoms with Crippen LogP contribution in [-0.4, -0.2) is 4.57 Å². The first-order valence-corrected chi connectivity index (χ1v) is 6.77. The van der Waals surface area contributed by atoms with Gasteiger partial charge in [0.1, 0.15) is 5.82 Å². The van der Waals surface area contributed by atoms with E-state index in [1.165, 1.54) is 12.1 Å². The summed E-state index contributed by atoms with van der Waals surface area (Å²) in [5.41, 5.74) is 8.45. The molecule has 0 unspecified atom stereocenters. The van der Waals surface area contributed by atoms with E-state index in [4.69, 9.17) is 17.3 Å². The van der Waals surface area contributed by atoms with E-state index < -0.39 is 0 Å². The molecule has 0 aliphatic rings. The lowest BCUT2D eigenvalue weighted by atomic mass is 10.1. The zero-order valence-electron chi connectivity index (χ0n) is 10.8. The lowest BCUT2D eigenvalue weighted by Gasteiger charge is -2.09. The third-order valence-electron chi connectivity index (χ3n) is 3.43. The fraction of sp³-hybridized carbons (Fsp3) is 0.125. The maximum Gasteiger partial charge on any atom is 0.125 e. The molecule has 0 saturated heterocycles. The molecule has 0 amide bonds. The fourth-order valence-corrected chi connectivity index (χ4v) is 2.59. The molecule has 1 aromatic heterocycles. The summed E-state index contributed by atoms with van der Waals surface area (Å²) in [6, 6.07) is 12.6. The molecule has 2 nitrogen and oxygen atoms in total. The maximum atomic E-state index is 13.4. The van der Waals surface area contributed by atoms with Crippen molar-refractivity contribution in [1.29, 1.82) is 0 Å². The van der Waals surface area contributed by atoms with Crippen LogP contribution in [0.1, 0.15) is 11.1 Å². The Hall–Kier alpha value is -1.84. The lowest BCUT2D eigenvalue weighted by molar-refractivity contribution is 0.628. The van der Waals surface area contributed by atoms with E-state index in [0.29, 0.717) is 18.1 Å². The second kappa shape index (κ2) is 5.27. The van der Waals surface area contributed by atoms with Gasteiger partial charge in [0.15, 0.2) is 0 Å². The van der Waals surface area contributed by atoms with Gasteiger partial charge in [0.2, 0.25) is 0 Å². The fourth-order valence-electron chi connectivity index (χ4n) is 2.32. The summed E-state index contributed by atoms with van der Waals surface area (Å²) in [5.74, 6) is -0.234. The first-order valence-electron chi connectivity index (χ1n) is 6.39. The van der Waals surface area contributed by atoms with Gasteiger partial charge in [0.25, 0.3) is 0 Å². The molecule has 3 rings (SSSR count). The first kappa shape index (κ1) is 13.2. The maximum absolute atomic E-state index is 13.4. The van der Waals surface area contributed by atoms with E-state index in [1.807, 2.05) is 35.0 Å². The zero-order chi connectivity index (χ0) is 14.1. The molecule has 0 aliphatic carbocycles. The van der Waals surface area contributed by atoms with Crippen LogP contribution in [0.2, 0.25) is 5.02 Å². The Bertz CT molecular complexity index is 764. The minimum absolute atomic E-state index is 0.234. The van der Waals surface area contributed by atoms with Gasteiger partial charge in [-0.1, -0.05) is 23.7 Å². The van der Waals surface area contributed by atoms with Crippen LogP contribution < -0.4 is 5.73 Å². The van der Waals surface area contributed by atoms with Crippen molar-refractivity contribution in [3.05, 3.63) is 70.6 Å². The highest BCUT2D eigenvalue weighted by Gasteiger charge is 2.06. The number of rotatable bonds is 3. The monoisotopic (exact) mass is 288 g/mol. The number of fused-ring (bicyclic) bond motifs is 1. The van der Waals surface area contributed by atoms with Gasteiger partial charge in [-0.2, -0.15) is 0 Å². The molecular formula is C16H14ClFN2. The summed E-state index contributed by atoms with van der Waals surface area (Å²) >= 11 is 6.26. The second-order valence-electron chi connectivity index (χ2n) is 4.78. The summed E-state index contributed by atoms with van der Waals surface area (Å²) in [6.07, 6.45) is 1.94. The van der Waals surface area contributed by atoms with Crippen LogP contribution >= 0.6 is 11.6 Å². The Morgan fingerprint density at radius 3 is 2.70 bits per heavy atom. The highest BCUT2D eigenvalue weighted by Crippen LogP contribution is 2.22. The van der Waals surface area contributed by atoms with Crippen LogP contribution in [0.3, 0.4) is 0 Å². The van der Waals surface area contributed by atoms with E-state index in [0.717, 1.165) is 22.0 Å². The summed E-state index contributed by atoms with van der Waals surface area (Å²) in [7, 11) is 0. The summed E-state index contributed by atoms with van der Waals surface area (Å²) in [5, 5.41) is 1.70. The van der Waals surface area contributed by atoms with Crippen molar-refractivity contribution in [3.63, 3.8) is 0 Å². The predicted octanol–water partition coefficient (Wildman–Crippen LogP) is 3.94. The van der Waals surface area contributed by atoms with Crippen LogP contribution in [0.4, 0.5) is 4.39 Å². The quantitative estimate of drug-likeness (QED) is 0.777. The van der Waals surface area contributed by atoms with Crippen molar-refractivity contribution in [3.8, 4) is 0 Å². The largest absolute Gasteiger partial charge is 0.343 e. The van der Waals surface area contributed by atoms with Crippen molar-refractivity contribution < 1.29 is 4.39 Å².